The molecule has 136 valence electrons. The van der Waals surface area contributed by atoms with Gasteiger partial charge in [0.05, 0.1) is 20.6 Å². The van der Waals surface area contributed by atoms with E-state index in [1.54, 1.807) is 0 Å². The molecule has 0 aromatic heterocycles. The lowest BCUT2D eigenvalue weighted by Gasteiger charge is -2.19. The van der Waals surface area contributed by atoms with Gasteiger partial charge in [0, 0.05) is 13.3 Å². The maximum Gasteiger partial charge on any atom is 0.328 e. The van der Waals surface area contributed by atoms with Crippen molar-refractivity contribution in [1.29, 1.82) is 0 Å². The van der Waals surface area contributed by atoms with E-state index in [4.69, 9.17) is 4.74 Å². The van der Waals surface area contributed by atoms with E-state index in [9.17, 15) is 19.2 Å². The molecule has 2 amide bonds. The molecular formula is C17H22N2O6. The van der Waals surface area contributed by atoms with Crippen LogP contribution < -0.4 is 10.6 Å². The van der Waals surface area contributed by atoms with Crippen LogP contribution in [0.5, 0.6) is 0 Å². The number of hydrogen-bond donors (Lipinski definition) is 2. The zero-order chi connectivity index (χ0) is 18.8. The van der Waals surface area contributed by atoms with Crippen LogP contribution in [0.2, 0.25) is 0 Å². The predicted octanol–water partition coefficient (Wildman–Crippen LogP) is -0.0453. The van der Waals surface area contributed by atoms with E-state index in [0.29, 0.717) is 0 Å². The summed E-state index contributed by atoms with van der Waals surface area (Å²) < 4.78 is 9.27. The molecule has 0 heterocycles. The van der Waals surface area contributed by atoms with Crippen LogP contribution in [-0.2, 0) is 35.1 Å². The summed E-state index contributed by atoms with van der Waals surface area (Å²) in [5.41, 5.74) is 0.838. The van der Waals surface area contributed by atoms with Crippen molar-refractivity contribution in [3.8, 4) is 0 Å². The smallest absolute Gasteiger partial charge is 0.328 e. The fraction of sp³-hybridized carbons (Fsp3) is 0.412. The molecule has 0 saturated heterocycles. The van der Waals surface area contributed by atoms with Crippen LogP contribution in [0, 0.1) is 0 Å². The number of esters is 2. The Balaban J connectivity index is 2.77. The summed E-state index contributed by atoms with van der Waals surface area (Å²) >= 11 is 0. The third kappa shape index (κ3) is 7.03. The summed E-state index contributed by atoms with van der Waals surface area (Å²) in [6, 6.07) is 7.07. The Morgan fingerprint density at radius 2 is 1.48 bits per heavy atom. The standard InChI is InChI=1S/C17H22N2O6/c1-11(20)18-14(17(23)25-3)10-15(21)19-13(16(22)24-2)9-12-7-5-4-6-8-12/h4-8,13-14H,9-10H2,1-3H3,(H,18,20)(H,19,21)/t13-,14-/m0/s1. The molecule has 0 unspecified atom stereocenters. The molecule has 0 spiro atoms. The fourth-order valence-corrected chi connectivity index (χ4v) is 2.20. The summed E-state index contributed by atoms with van der Waals surface area (Å²) in [4.78, 5) is 46.9. The van der Waals surface area contributed by atoms with Crippen LogP contribution in [0.25, 0.3) is 0 Å². The number of benzene rings is 1. The summed E-state index contributed by atoms with van der Waals surface area (Å²) in [6.45, 7) is 1.22. The monoisotopic (exact) mass is 350 g/mol. The Morgan fingerprint density at radius 1 is 0.920 bits per heavy atom. The average Bonchev–Trinajstić information content (AvgIpc) is 2.59. The Labute approximate surface area is 145 Å². The highest BCUT2D eigenvalue weighted by atomic mass is 16.5. The molecular weight excluding hydrogens is 328 g/mol. The third-order valence-corrected chi connectivity index (χ3v) is 3.36. The molecule has 0 aliphatic heterocycles. The molecule has 1 aromatic carbocycles. The van der Waals surface area contributed by atoms with E-state index in [2.05, 4.69) is 15.4 Å². The molecule has 0 fully saturated rings. The molecule has 0 bridgehead atoms. The Bertz CT molecular complexity index is 617. The topological polar surface area (TPSA) is 111 Å². The highest BCUT2D eigenvalue weighted by Gasteiger charge is 2.27. The van der Waals surface area contributed by atoms with E-state index < -0.39 is 35.8 Å². The molecule has 2 N–H and O–H groups in total. The minimum Gasteiger partial charge on any atom is -0.467 e. The number of amides is 2. The molecule has 8 heteroatoms. The number of nitrogens with one attached hydrogen (secondary N) is 2. The van der Waals surface area contributed by atoms with Gasteiger partial charge in [-0.1, -0.05) is 30.3 Å². The first kappa shape index (κ1) is 20.1. The lowest BCUT2D eigenvalue weighted by Crippen LogP contribution is -2.48. The first-order valence-corrected chi connectivity index (χ1v) is 7.63. The van der Waals surface area contributed by atoms with E-state index >= 15 is 0 Å². The SMILES string of the molecule is COC(=O)[C@H](CC(=O)N[C@@H](Cc1ccccc1)C(=O)OC)NC(C)=O. The van der Waals surface area contributed by atoms with Crippen LogP contribution in [0.1, 0.15) is 18.9 Å². The van der Waals surface area contributed by atoms with Gasteiger partial charge in [0.1, 0.15) is 12.1 Å². The van der Waals surface area contributed by atoms with Crippen molar-refractivity contribution >= 4 is 23.8 Å². The number of carbonyl (C=O) groups is 4. The van der Waals surface area contributed by atoms with Crippen LogP contribution in [0.4, 0.5) is 0 Å². The summed E-state index contributed by atoms with van der Waals surface area (Å²) in [5.74, 6) is -2.41. The maximum atomic E-state index is 12.2. The van der Waals surface area contributed by atoms with Gasteiger partial charge >= 0.3 is 11.9 Å². The van der Waals surface area contributed by atoms with Gasteiger partial charge in [-0.2, -0.15) is 0 Å². The van der Waals surface area contributed by atoms with Gasteiger partial charge in [0.25, 0.3) is 0 Å². The Morgan fingerprint density at radius 3 is 2.00 bits per heavy atom. The minimum atomic E-state index is -1.13. The van der Waals surface area contributed by atoms with Crippen molar-refractivity contribution in [2.75, 3.05) is 14.2 Å². The van der Waals surface area contributed by atoms with Crippen LogP contribution in [-0.4, -0.2) is 50.1 Å². The van der Waals surface area contributed by atoms with Gasteiger partial charge in [-0.25, -0.2) is 9.59 Å². The van der Waals surface area contributed by atoms with Gasteiger partial charge in [-0.3, -0.25) is 9.59 Å². The second-order valence-electron chi connectivity index (χ2n) is 5.31. The molecule has 25 heavy (non-hydrogen) atoms. The zero-order valence-electron chi connectivity index (χ0n) is 14.4. The average molecular weight is 350 g/mol. The van der Waals surface area contributed by atoms with E-state index in [1.165, 1.54) is 14.0 Å². The molecule has 1 rings (SSSR count). The third-order valence-electron chi connectivity index (χ3n) is 3.36. The quantitative estimate of drug-likeness (QED) is 0.636. The lowest BCUT2D eigenvalue weighted by molar-refractivity contribution is -0.147. The molecule has 8 nitrogen and oxygen atoms in total. The highest BCUT2D eigenvalue weighted by molar-refractivity contribution is 5.90. The number of ether oxygens (including phenoxy) is 2. The second-order valence-corrected chi connectivity index (χ2v) is 5.31. The van der Waals surface area contributed by atoms with Gasteiger partial charge < -0.3 is 20.1 Å². The Kier molecular flexibility index (Phi) is 8.11. The fourth-order valence-electron chi connectivity index (χ4n) is 2.20. The van der Waals surface area contributed by atoms with Crippen molar-refractivity contribution in [3.63, 3.8) is 0 Å². The molecule has 2 atom stereocenters. The van der Waals surface area contributed by atoms with Crippen molar-refractivity contribution in [2.24, 2.45) is 0 Å². The highest BCUT2D eigenvalue weighted by Crippen LogP contribution is 2.06. The normalized spacial score (nSPS) is 12.4. The Hall–Kier alpha value is -2.90. The summed E-state index contributed by atoms with van der Waals surface area (Å²) in [7, 11) is 2.38. The largest absolute Gasteiger partial charge is 0.467 e. The van der Waals surface area contributed by atoms with Gasteiger partial charge in [0.15, 0.2) is 0 Å². The minimum absolute atomic E-state index is 0.238. The maximum absolute atomic E-state index is 12.2. The van der Waals surface area contributed by atoms with Crippen molar-refractivity contribution in [3.05, 3.63) is 35.9 Å². The first-order valence-electron chi connectivity index (χ1n) is 7.63. The van der Waals surface area contributed by atoms with Crippen LogP contribution >= 0.6 is 0 Å². The van der Waals surface area contributed by atoms with E-state index in [-0.39, 0.29) is 12.8 Å². The number of methoxy groups -OCH3 is 2. The van der Waals surface area contributed by atoms with Crippen molar-refractivity contribution in [2.45, 2.75) is 31.8 Å². The molecule has 0 aliphatic carbocycles. The van der Waals surface area contributed by atoms with Gasteiger partial charge in [-0.15, -0.1) is 0 Å². The second kappa shape index (κ2) is 10.1. The van der Waals surface area contributed by atoms with Crippen LogP contribution in [0.15, 0.2) is 30.3 Å². The summed E-state index contributed by atoms with van der Waals surface area (Å²) in [5, 5.41) is 4.86. The molecule has 0 saturated carbocycles. The lowest BCUT2D eigenvalue weighted by atomic mass is 10.1. The van der Waals surface area contributed by atoms with Gasteiger partial charge in [0.2, 0.25) is 11.8 Å². The molecule has 0 radical (unpaired) electrons. The van der Waals surface area contributed by atoms with Crippen molar-refractivity contribution < 1.29 is 28.7 Å². The van der Waals surface area contributed by atoms with Crippen LogP contribution in [0.3, 0.4) is 0 Å². The molecule has 1 aromatic rings. The predicted molar refractivity (Wildman–Crippen MR) is 88.3 cm³/mol. The number of rotatable bonds is 8. The van der Waals surface area contributed by atoms with E-state index in [0.717, 1.165) is 12.7 Å². The first-order chi connectivity index (χ1) is 11.9. The van der Waals surface area contributed by atoms with Gasteiger partial charge in [-0.05, 0) is 5.56 Å². The summed E-state index contributed by atoms with van der Waals surface area (Å²) in [6.07, 6.45) is -0.114. The zero-order valence-corrected chi connectivity index (χ0v) is 14.4. The number of carbonyl (C=O) groups excluding carboxylic acids is 4. The molecule has 0 aliphatic rings. The van der Waals surface area contributed by atoms with Crippen molar-refractivity contribution in [1.82, 2.24) is 10.6 Å². The van der Waals surface area contributed by atoms with E-state index in [1.807, 2.05) is 30.3 Å². The number of hydrogen-bond acceptors (Lipinski definition) is 6.